The van der Waals surface area contributed by atoms with Gasteiger partial charge in [0.2, 0.25) is 5.89 Å². The maximum atomic E-state index is 9.49. The fourth-order valence-corrected chi connectivity index (χ4v) is 2.61. The Morgan fingerprint density at radius 3 is 2.09 bits per heavy atom. The smallest absolute Gasteiger partial charge is 0.227 e. The highest BCUT2D eigenvalue weighted by Gasteiger charge is 2.09. The van der Waals surface area contributed by atoms with Gasteiger partial charge in [0.15, 0.2) is 5.58 Å². The third kappa shape index (κ3) is 2.67. The Hall–Kier alpha value is -2.78. The number of fused-ring (bicyclic) bond motifs is 1. The van der Waals surface area contributed by atoms with Crippen LogP contribution in [0.3, 0.4) is 0 Å². The number of hydrogen-bond donors (Lipinski definition) is 1. The normalized spacial score (nSPS) is 11.0. The molecule has 3 aromatic carbocycles. The first-order chi connectivity index (χ1) is 11.2. The molecule has 1 heterocycles. The third-order valence-corrected chi connectivity index (χ3v) is 3.93. The van der Waals surface area contributed by atoms with Crippen molar-refractivity contribution < 1.29 is 9.52 Å². The van der Waals surface area contributed by atoms with Gasteiger partial charge in [0.05, 0.1) is 0 Å². The van der Waals surface area contributed by atoms with Gasteiger partial charge in [0.25, 0.3) is 0 Å². The number of rotatable bonds is 2. The van der Waals surface area contributed by atoms with Crippen molar-refractivity contribution in [2.24, 2.45) is 0 Å². The molecule has 0 saturated heterocycles. The van der Waals surface area contributed by atoms with Gasteiger partial charge in [0, 0.05) is 16.7 Å². The number of oxazole rings is 1. The summed E-state index contributed by atoms with van der Waals surface area (Å²) in [7, 11) is 0. The molecule has 0 atom stereocenters. The summed E-state index contributed by atoms with van der Waals surface area (Å²) in [5.41, 5.74) is 4.38. The summed E-state index contributed by atoms with van der Waals surface area (Å²) in [5, 5.41) is 10.2. The van der Waals surface area contributed by atoms with E-state index in [0.717, 1.165) is 27.2 Å². The maximum absolute atomic E-state index is 9.49. The fraction of sp³-hybridized carbons (Fsp3) is 0. The van der Waals surface area contributed by atoms with Gasteiger partial charge in [-0.3, -0.25) is 0 Å². The predicted molar refractivity (Wildman–Crippen MR) is 91.6 cm³/mol. The number of aromatic nitrogens is 1. The fourth-order valence-electron chi connectivity index (χ4n) is 2.48. The van der Waals surface area contributed by atoms with Gasteiger partial charge in [-0.15, -0.1) is 0 Å². The largest absolute Gasteiger partial charge is 0.508 e. The van der Waals surface area contributed by atoms with Crippen LogP contribution in [0.2, 0.25) is 5.02 Å². The van der Waals surface area contributed by atoms with E-state index < -0.39 is 0 Å². The minimum Gasteiger partial charge on any atom is -0.508 e. The van der Waals surface area contributed by atoms with Gasteiger partial charge in [-0.05, 0) is 47.5 Å². The van der Waals surface area contributed by atoms with Crippen molar-refractivity contribution in [1.29, 1.82) is 0 Å². The number of phenols is 1. The molecule has 0 bridgehead atoms. The molecule has 0 saturated carbocycles. The lowest BCUT2D eigenvalue weighted by molar-refractivity contribution is 0.474. The van der Waals surface area contributed by atoms with Crippen molar-refractivity contribution in [2.45, 2.75) is 0 Å². The molecule has 1 N–H and O–H groups in total. The van der Waals surface area contributed by atoms with Crippen LogP contribution in [0.4, 0.5) is 0 Å². The molecule has 0 aliphatic carbocycles. The molecule has 0 aliphatic rings. The molecule has 0 unspecified atom stereocenters. The van der Waals surface area contributed by atoms with E-state index in [1.807, 2.05) is 48.5 Å². The Kier molecular flexibility index (Phi) is 3.28. The van der Waals surface area contributed by atoms with Crippen molar-refractivity contribution in [2.75, 3.05) is 0 Å². The van der Waals surface area contributed by atoms with E-state index in [1.165, 1.54) is 0 Å². The van der Waals surface area contributed by atoms with E-state index in [9.17, 15) is 5.11 Å². The number of benzene rings is 3. The Morgan fingerprint density at radius 2 is 1.39 bits per heavy atom. The molecule has 112 valence electrons. The molecule has 0 spiro atoms. The van der Waals surface area contributed by atoms with Crippen molar-refractivity contribution in [3.8, 4) is 28.3 Å². The highest BCUT2D eigenvalue weighted by Crippen LogP contribution is 2.29. The minimum absolute atomic E-state index is 0.165. The number of halogens is 1. The van der Waals surface area contributed by atoms with Crippen LogP contribution in [-0.4, -0.2) is 10.1 Å². The van der Waals surface area contributed by atoms with Crippen LogP contribution < -0.4 is 0 Å². The summed E-state index contributed by atoms with van der Waals surface area (Å²) in [6.07, 6.45) is 0. The summed E-state index contributed by atoms with van der Waals surface area (Å²) in [4.78, 5) is 4.44. The molecular formula is C19H12ClNO2. The second kappa shape index (κ2) is 5.45. The van der Waals surface area contributed by atoms with Gasteiger partial charge in [-0.25, -0.2) is 4.98 Å². The highest BCUT2D eigenvalue weighted by atomic mass is 35.5. The number of aromatic hydroxyl groups is 1. The van der Waals surface area contributed by atoms with E-state index >= 15 is 0 Å². The summed E-state index contributed by atoms with van der Waals surface area (Å²) in [6.45, 7) is 0. The Morgan fingerprint density at radius 1 is 0.783 bits per heavy atom. The van der Waals surface area contributed by atoms with Gasteiger partial charge in [-0.2, -0.15) is 0 Å². The maximum Gasteiger partial charge on any atom is 0.227 e. The summed E-state index contributed by atoms with van der Waals surface area (Å²) in [5.74, 6) is 0.701. The molecule has 0 amide bonds. The lowest BCUT2D eigenvalue weighted by atomic mass is 10.0. The van der Waals surface area contributed by atoms with E-state index in [-0.39, 0.29) is 5.75 Å². The van der Waals surface area contributed by atoms with Crippen LogP contribution in [0.25, 0.3) is 33.7 Å². The summed E-state index contributed by atoms with van der Waals surface area (Å²) >= 11 is 5.92. The lowest BCUT2D eigenvalue weighted by Crippen LogP contribution is -1.80. The lowest BCUT2D eigenvalue weighted by Gasteiger charge is -2.02. The van der Waals surface area contributed by atoms with Crippen LogP contribution in [0.1, 0.15) is 0 Å². The van der Waals surface area contributed by atoms with Crippen LogP contribution in [-0.2, 0) is 0 Å². The average molecular weight is 322 g/mol. The van der Waals surface area contributed by atoms with Gasteiger partial charge in [0.1, 0.15) is 11.3 Å². The van der Waals surface area contributed by atoms with Crippen LogP contribution in [0.5, 0.6) is 5.75 Å². The molecule has 0 radical (unpaired) electrons. The standard InChI is InChI=1S/C19H12ClNO2/c20-15-7-5-13(6-8-15)12-1-3-14(4-2-12)19-21-17-10-9-16(22)11-18(17)23-19/h1-11,22H. The molecule has 4 aromatic rings. The molecular weight excluding hydrogens is 310 g/mol. The Bertz CT molecular complexity index is 973. The van der Waals surface area contributed by atoms with E-state index in [0.29, 0.717) is 11.5 Å². The predicted octanol–water partition coefficient (Wildman–Crippen LogP) is 5.52. The SMILES string of the molecule is Oc1ccc2nc(-c3ccc(-c4ccc(Cl)cc4)cc3)oc2c1. The van der Waals surface area contributed by atoms with Crippen LogP contribution in [0.15, 0.2) is 71.1 Å². The van der Waals surface area contributed by atoms with Gasteiger partial charge >= 0.3 is 0 Å². The molecule has 3 nitrogen and oxygen atoms in total. The zero-order chi connectivity index (χ0) is 15.8. The van der Waals surface area contributed by atoms with Crippen molar-refractivity contribution in [1.82, 2.24) is 4.98 Å². The zero-order valence-electron chi connectivity index (χ0n) is 12.0. The molecule has 23 heavy (non-hydrogen) atoms. The quantitative estimate of drug-likeness (QED) is 0.528. The number of nitrogens with zero attached hydrogens (tertiary/aromatic N) is 1. The van der Waals surface area contributed by atoms with Crippen LogP contribution in [0, 0.1) is 0 Å². The number of phenolic OH excluding ortho intramolecular Hbond substituents is 1. The van der Waals surface area contributed by atoms with Crippen LogP contribution >= 0.6 is 11.6 Å². The molecule has 0 fully saturated rings. The topological polar surface area (TPSA) is 46.3 Å². The molecule has 4 heteroatoms. The first-order valence-electron chi connectivity index (χ1n) is 7.15. The van der Waals surface area contributed by atoms with E-state index in [2.05, 4.69) is 4.98 Å². The van der Waals surface area contributed by atoms with Crippen molar-refractivity contribution >= 4 is 22.7 Å². The third-order valence-electron chi connectivity index (χ3n) is 3.68. The average Bonchev–Trinajstić information content (AvgIpc) is 2.99. The zero-order valence-corrected chi connectivity index (χ0v) is 12.8. The second-order valence-corrected chi connectivity index (χ2v) is 5.69. The van der Waals surface area contributed by atoms with Gasteiger partial charge < -0.3 is 9.52 Å². The second-order valence-electron chi connectivity index (χ2n) is 5.26. The van der Waals surface area contributed by atoms with Crippen molar-refractivity contribution in [3.63, 3.8) is 0 Å². The minimum atomic E-state index is 0.165. The molecule has 1 aromatic heterocycles. The summed E-state index contributed by atoms with van der Waals surface area (Å²) in [6, 6.07) is 20.6. The van der Waals surface area contributed by atoms with E-state index in [1.54, 1.807) is 18.2 Å². The van der Waals surface area contributed by atoms with Gasteiger partial charge in [-0.1, -0.05) is 35.9 Å². The highest BCUT2D eigenvalue weighted by molar-refractivity contribution is 6.30. The van der Waals surface area contributed by atoms with E-state index in [4.69, 9.17) is 16.0 Å². The summed E-state index contributed by atoms with van der Waals surface area (Å²) < 4.78 is 5.71. The first-order valence-corrected chi connectivity index (χ1v) is 7.53. The molecule has 0 aliphatic heterocycles. The Labute approximate surface area is 137 Å². The number of hydrogen-bond acceptors (Lipinski definition) is 3. The molecule has 4 rings (SSSR count). The first kappa shape index (κ1) is 13.9. The van der Waals surface area contributed by atoms with Crippen molar-refractivity contribution in [3.05, 3.63) is 71.8 Å². The Balaban J connectivity index is 1.70. The monoisotopic (exact) mass is 321 g/mol.